The topological polar surface area (TPSA) is 175 Å². The summed E-state index contributed by atoms with van der Waals surface area (Å²) in [6.45, 7) is 15.0. The number of amides is 2. The smallest absolute Gasteiger partial charge is 0.315 e. The lowest BCUT2D eigenvalue weighted by atomic mass is 9.75. The molecule has 2 aliphatic rings. The first kappa shape index (κ1) is 55.5. The monoisotopic (exact) mass is 984 g/mol. The molecule has 2 amide bonds. The van der Waals surface area contributed by atoms with E-state index in [1.807, 2.05) is 135 Å². The van der Waals surface area contributed by atoms with Crippen molar-refractivity contribution in [2.24, 2.45) is 22.7 Å². The molecule has 2 fully saturated rings. The number of aliphatic hydroxyl groups is 1. The van der Waals surface area contributed by atoms with Crippen molar-refractivity contribution in [3.05, 3.63) is 144 Å². The molecule has 14 nitrogen and oxygen atoms in total. The van der Waals surface area contributed by atoms with E-state index in [1.54, 1.807) is 51.3 Å². The predicted octanol–water partition coefficient (Wildman–Crippen LogP) is 8.25. The number of benzene rings is 4. The minimum absolute atomic E-state index is 0.0158. The van der Waals surface area contributed by atoms with Gasteiger partial charge in [0.05, 0.1) is 63.2 Å². The van der Waals surface area contributed by atoms with Crippen LogP contribution in [0.5, 0.6) is 0 Å². The summed E-state index contributed by atoms with van der Waals surface area (Å²) >= 11 is 0. The Hall–Kier alpha value is -5.45. The van der Waals surface area contributed by atoms with Crippen LogP contribution in [0.2, 0.25) is 0 Å². The molecule has 0 unspecified atom stereocenters. The fraction of sp³-hybridized carbons (Fsp3) is 0.491. The second-order valence-electron chi connectivity index (χ2n) is 20.3. The number of ether oxygens (including phenoxy) is 4. The molecule has 4 aromatic carbocycles. The molecular formula is C55H72N2O12S. The van der Waals surface area contributed by atoms with Gasteiger partial charge in [-0.3, -0.25) is 23.4 Å². The molecule has 2 heterocycles. The van der Waals surface area contributed by atoms with Gasteiger partial charge in [-0.2, -0.15) is 8.42 Å². The number of carbonyl (C=O) groups is 4. The van der Waals surface area contributed by atoms with E-state index in [0.717, 1.165) is 28.5 Å². The number of likely N-dealkylation sites (tertiary alicyclic amines) is 2. The molecule has 0 aliphatic carbocycles. The molecule has 4 aromatic rings. The van der Waals surface area contributed by atoms with Gasteiger partial charge in [0.15, 0.2) is 0 Å². The van der Waals surface area contributed by atoms with E-state index in [-0.39, 0.29) is 82.9 Å². The lowest BCUT2D eigenvalue weighted by Crippen LogP contribution is -2.46. The van der Waals surface area contributed by atoms with Gasteiger partial charge in [-0.1, -0.05) is 121 Å². The van der Waals surface area contributed by atoms with Crippen molar-refractivity contribution in [2.75, 3.05) is 45.8 Å². The van der Waals surface area contributed by atoms with Crippen molar-refractivity contribution in [2.45, 2.75) is 105 Å². The summed E-state index contributed by atoms with van der Waals surface area (Å²) in [5.74, 6) is -3.04. The molecule has 2 aliphatic heterocycles. The lowest BCUT2D eigenvalue weighted by molar-refractivity contribution is -0.173. The third-order valence-electron chi connectivity index (χ3n) is 12.7. The number of hydrogen-bond acceptors (Lipinski definition) is 12. The zero-order valence-corrected chi connectivity index (χ0v) is 43.0. The number of aliphatic hydroxyl groups excluding tert-OH is 1. The third-order valence-corrected chi connectivity index (χ3v) is 13.3. The lowest BCUT2D eigenvalue weighted by Gasteiger charge is -2.34. The van der Waals surface area contributed by atoms with Gasteiger partial charge in [0, 0.05) is 19.7 Å². The third kappa shape index (κ3) is 14.8. The second kappa shape index (κ2) is 24.1. The van der Waals surface area contributed by atoms with Gasteiger partial charge in [0.1, 0.15) is 22.0 Å². The molecule has 0 spiro atoms. The van der Waals surface area contributed by atoms with Crippen molar-refractivity contribution >= 4 is 33.9 Å². The van der Waals surface area contributed by atoms with Crippen LogP contribution < -0.4 is 0 Å². The normalized spacial score (nSPS) is 21.5. The van der Waals surface area contributed by atoms with E-state index in [1.165, 1.54) is 0 Å². The molecule has 15 heteroatoms. The molecule has 0 radical (unpaired) electrons. The Bertz CT molecular complexity index is 2430. The summed E-state index contributed by atoms with van der Waals surface area (Å²) in [7, 11) is -3.74. The van der Waals surface area contributed by atoms with E-state index in [0.29, 0.717) is 6.61 Å². The zero-order chi connectivity index (χ0) is 51.3. The number of rotatable bonds is 20. The van der Waals surface area contributed by atoms with Gasteiger partial charge in [0.25, 0.3) is 10.1 Å². The molecule has 2 saturated heterocycles. The van der Waals surface area contributed by atoms with Crippen LogP contribution in [0.15, 0.2) is 121 Å². The Labute approximate surface area is 414 Å². The summed E-state index contributed by atoms with van der Waals surface area (Å²) in [4.78, 5) is 58.2. The van der Waals surface area contributed by atoms with Crippen LogP contribution in [0.4, 0.5) is 0 Å². The molecule has 0 bridgehead atoms. The maximum absolute atomic E-state index is 13.9. The zero-order valence-electron chi connectivity index (χ0n) is 42.2. The van der Waals surface area contributed by atoms with Crippen molar-refractivity contribution in [1.82, 2.24) is 9.80 Å². The fourth-order valence-corrected chi connectivity index (χ4v) is 9.38. The van der Waals surface area contributed by atoms with E-state index in [4.69, 9.17) is 23.1 Å². The highest BCUT2D eigenvalue weighted by molar-refractivity contribution is 7.85. The van der Waals surface area contributed by atoms with Crippen molar-refractivity contribution in [1.29, 1.82) is 0 Å². The second-order valence-corrected chi connectivity index (χ2v) is 21.9. The predicted molar refractivity (Wildman–Crippen MR) is 266 cm³/mol. The fourth-order valence-electron chi connectivity index (χ4n) is 8.99. The van der Waals surface area contributed by atoms with E-state index in [2.05, 4.69) is 0 Å². The average molecular weight is 985 g/mol. The number of esters is 2. The minimum atomic E-state index is -3.74. The Balaban J connectivity index is 0.000000262. The van der Waals surface area contributed by atoms with Crippen molar-refractivity contribution in [3.63, 3.8) is 0 Å². The highest BCUT2D eigenvalue weighted by Crippen LogP contribution is 2.47. The van der Waals surface area contributed by atoms with Crippen LogP contribution in [-0.4, -0.2) is 104 Å². The van der Waals surface area contributed by atoms with Crippen LogP contribution in [0, 0.1) is 22.7 Å². The van der Waals surface area contributed by atoms with Gasteiger partial charge < -0.3 is 33.9 Å². The summed E-state index contributed by atoms with van der Waals surface area (Å²) < 4.78 is 51.9. The van der Waals surface area contributed by atoms with Crippen molar-refractivity contribution in [3.8, 4) is 0 Å². The number of hydrogen-bond donors (Lipinski definition) is 1. The number of carbonyl (C=O) groups excluding carboxylic acids is 4. The maximum Gasteiger partial charge on any atom is 0.315 e. The molecule has 6 rings (SSSR count). The average Bonchev–Trinajstić information content (AvgIpc) is 3.76. The van der Waals surface area contributed by atoms with Crippen LogP contribution in [0.25, 0.3) is 0 Å². The molecule has 1 N–H and O–H groups in total. The largest absolute Gasteiger partial charge is 0.459 e. The highest BCUT2D eigenvalue weighted by Gasteiger charge is 2.60. The van der Waals surface area contributed by atoms with E-state index < -0.39 is 55.9 Å². The van der Waals surface area contributed by atoms with Gasteiger partial charge in [-0.25, -0.2) is 0 Å². The first-order chi connectivity index (χ1) is 33.0. The molecule has 0 aromatic heterocycles. The molecule has 0 saturated carbocycles. The summed E-state index contributed by atoms with van der Waals surface area (Å²) in [5, 5.41) is 9.91. The van der Waals surface area contributed by atoms with Crippen molar-refractivity contribution < 1.29 is 55.8 Å². The first-order valence-electron chi connectivity index (χ1n) is 23.9. The summed E-state index contributed by atoms with van der Waals surface area (Å²) in [5.41, 5.74) is -0.220. The standard InChI is InChI=1S/C28H37NO7S.C27H35NO5/c1-21(23-14-10-7-11-15-23)29-20-28(16-17-35-37(5,32)33,26(31)36-27(2,3)4)24(25(29)30)19-34-18-22-12-8-6-9-13-22;1-20(22-13-9-6-10-14-22)28-19-27(15-16-29,25(31)33-26(2,3)4)23(24(28)30)18-32-17-21-11-7-5-8-12-21/h6-15,21,24H,16-20H2,1-5H3;5-14,20,23,29H,15-19H2,1-4H3/t21-,24-,28-;20-,23-,27-/m11/s1. The van der Waals surface area contributed by atoms with E-state index in [9.17, 15) is 32.7 Å². The molecule has 380 valence electrons. The van der Waals surface area contributed by atoms with Gasteiger partial charge in [-0.05, 0) is 90.5 Å². The van der Waals surface area contributed by atoms with E-state index >= 15 is 0 Å². The Kier molecular flexibility index (Phi) is 19.1. The summed E-state index contributed by atoms with van der Waals surface area (Å²) in [6, 6.07) is 38.0. The van der Waals surface area contributed by atoms with Crippen LogP contribution in [0.1, 0.15) is 103 Å². The Morgan fingerprint density at radius 3 is 1.29 bits per heavy atom. The quantitative estimate of drug-likeness (QED) is 0.0664. The SMILES string of the molecule is C[C@H](c1ccccc1)N1C[C@@](CCO)(C(=O)OC(C)(C)C)[C@H](COCc2ccccc2)C1=O.C[C@H](c1ccccc1)N1C[C@@](CCOS(C)(=O)=O)(C(=O)OC(C)(C)C)[C@H](COCc2ccccc2)C1=O. The Morgan fingerprint density at radius 1 is 0.614 bits per heavy atom. The van der Waals surface area contributed by atoms with Crippen LogP contribution >= 0.6 is 0 Å². The molecule has 70 heavy (non-hydrogen) atoms. The highest BCUT2D eigenvalue weighted by atomic mass is 32.2. The molecular weight excluding hydrogens is 913 g/mol. The van der Waals surface area contributed by atoms with Gasteiger partial charge in [-0.15, -0.1) is 0 Å². The van der Waals surface area contributed by atoms with Gasteiger partial charge in [0.2, 0.25) is 11.8 Å². The first-order valence-corrected chi connectivity index (χ1v) is 25.7. The maximum atomic E-state index is 13.9. The van der Waals surface area contributed by atoms with Crippen LogP contribution in [-0.2, 0) is 65.6 Å². The van der Waals surface area contributed by atoms with Crippen LogP contribution in [0.3, 0.4) is 0 Å². The summed E-state index contributed by atoms with van der Waals surface area (Å²) in [6.07, 6.45) is 1.07. The van der Waals surface area contributed by atoms with Gasteiger partial charge >= 0.3 is 11.9 Å². The number of nitrogens with zero attached hydrogens (tertiary/aromatic N) is 2. The molecule has 6 atom stereocenters. The Morgan fingerprint density at radius 2 is 0.957 bits per heavy atom. The minimum Gasteiger partial charge on any atom is -0.459 e.